The molecule has 0 saturated carbocycles. The van der Waals surface area contributed by atoms with Crippen molar-refractivity contribution in [3.8, 4) is 0 Å². The largest absolute Gasteiger partial charge is 0.462 e. The molecule has 0 aliphatic heterocycles. The van der Waals surface area contributed by atoms with Crippen LogP contribution in [0.25, 0.3) is 0 Å². The van der Waals surface area contributed by atoms with Crippen molar-refractivity contribution in [3.63, 3.8) is 0 Å². The zero-order valence-corrected chi connectivity index (χ0v) is 14.8. The first-order valence-corrected chi connectivity index (χ1v) is 8.61. The number of rotatable bonds is 12. The summed E-state index contributed by atoms with van der Waals surface area (Å²) < 4.78 is 10.0. The molecule has 0 aromatic heterocycles. The van der Waals surface area contributed by atoms with E-state index < -0.39 is 11.8 Å². The molecule has 0 spiro atoms. The minimum Gasteiger partial charge on any atom is -0.462 e. The fraction of sp³-hybridized carbons (Fsp3) is 0.450. The normalized spacial score (nSPS) is 10.1. The minimum atomic E-state index is -0.800. The SMILES string of the molecule is C=C(C)C(=O)OCCCCCCCCOC(=O)C(=O)c1ccccc1. The number of Topliss-reactive ketones (excluding diaryl/α,β-unsaturated/α-hetero) is 1. The van der Waals surface area contributed by atoms with Crippen molar-refractivity contribution in [2.45, 2.75) is 45.4 Å². The van der Waals surface area contributed by atoms with Crippen LogP contribution in [-0.4, -0.2) is 30.9 Å². The molecule has 5 nitrogen and oxygen atoms in total. The molecule has 5 heteroatoms. The van der Waals surface area contributed by atoms with Gasteiger partial charge in [-0.1, -0.05) is 62.6 Å². The minimum absolute atomic E-state index is 0.258. The molecule has 0 aliphatic carbocycles. The van der Waals surface area contributed by atoms with Crippen molar-refractivity contribution in [2.24, 2.45) is 0 Å². The van der Waals surface area contributed by atoms with E-state index in [1.807, 2.05) is 0 Å². The van der Waals surface area contributed by atoms with Gasteiger partial charge in [0, 0.05) is 11.1 Å². The van der Waals surface area contributed by atoms with E-state index in [-0.39, 0.29) is 12.6 Å². The second-order valence-electron chi connectivity index (χ2n) is 5.87. The van der Waals surface area contributed by atoms with Gasteiger partial charge in [-0.25, -0.2) is 9.59 Å². The van der Waals surface area contributed by atoms with Gasteiger partial charge >= 0.3 is 11.9 Å². The topological polar surface area (TPSA) is 69.7 Å². The quantitative estimate of drug-likeness (QED) is 0.189. The molecule has 0 unspecified atom stereocenters. The lowest BCUT2D eigenvalue weighted by atomic mass is 10.1. The van der Waals surface area contributed by atoms with E-state index >= 15 is 0 Å². The van der Waals surface area contributed by atoms with Gasteiger partial charge in [-0.15, -0.1) is 0 Å². The van der Waals surface area contributed by atoms with E-state index in [4.69, 9.17) is 9.47 Å². The number of carbonyl (C=O) groups excluding carboxylic acids is 3. The molecule has 1 aromatic rings. The smallest absolute Gasteiger partial charge is 0.379 e. The summed E-state index contributed by atoms with van der Waals surface area (Å²) in [5, 5.41) is 0. The first kappa shape index (κ1) is 20.6. The predicted octanol–water partition coefficient (Wildman–Crippen LogP) is 3.87. The maximum atomic E-state index is 11.8. The molecule has 0 saturated heterocycles. The van der Waals surface area contributed by atoms with Crippen molar-refractivity contribution >= 4 is 17.7 Å². The molecule has 0 fully saturated rings. The molecular weight excluding hydrogens is 320 g/mol. The van der Waals surface area contributed by atoms with Crippen molar-refractivity contribution < 1.29 is 23.9 Å². The first-order chi connectivity index (χ1) is 12.0. The summed E-state index contributed by atoms with van der Waals surface area (Å²) >= 11 is 0. The van der Waals surface area contributed by atoms with Crippen molar-refractivity contribution in [2.75, 3.05) is 13.2 Å². The number of ether oxygens (including phenoxy) is 2. The summed E-state index contributed by atoms with van der Waals surface area (Å²) in [7, 11) is 0. The lowest BCUT2D eigenvalue weighted by molar-refractivity contribution is -0.139. The summed E-state index contributed by atoms with van der Waals surface area (Å²) in [4.78, 5) is 34.6. The molecule has 0 bridgehead atoms. The summed E-state index contributed by atoms with van der Waals surface area (Å²) in [6.07, 6.45) is 5.52. The van der Waals surface area contributed by atoms with Crippen LogP contribution in [0.1, 0.15) is 55.8 Å². The van der Waals surface area contributed by atoms with E-state index in [0.29, 0.717) is 17.7 Å². The van der Waals surface area contributed by atoms with Crippen LogP contribution in [0, 0.1) is 0 Å². The van der Waals surface area contributed by atoms with Gasteiger partial charge in [0.05, 0.1) is 13.2 Å². The number of ketones is 1. The van der Waals surface area contributed by atoms with E-state index in [1.54, 1.807) is 37.3 Å². The molecule has 0 aliphatic rings. The Bertz CT molecular complexity index is 577. The van der Waals surface area contributed by atoms with E-state index in [9.17, 15) is 14.4 Å². The number of benzene rings is 1. The second-order valence-corrected chi connectivity index (χ2v) is 5.87. The van der Waals surface area contributed by atoms with Crippen LogP contribution in [0.15, 0.2) is 42.5 Å². The highest BCUT2D eigenvalue weighted by atomic mass is 16.5. The van der Waals surface area contributed by atoms with E-state index in [2.05, 4.69) is 6.58 Å². The second kappa shape index (κ2) is 12.0. The van der Waals surface area contributed by atoms with Gasteiger partial charge in [0.15, 0.2) is 0 Å². The molecule has 0 atom stereocenters. The average Bonchev–Trinajstić information content (AvgIpc) is 2.62. The van der Waals surface area contributed by atoms with Crippen molar-refractivity contribution in [3.05, 3.63) is 48.0 Å². The fourth-order valence-electron chi connectivity index (χ4n) is 2.14. The van der Waals surface area contributed by atoms with Gasteiger partial charge in [-0.3, -0.25) is 4.79 Å². The van der Waals surface area contributed by atoms with Crippen LogP contribution in [0.5, 0.6) is 0 Å². The molecule has 1 rings (SSSR count). The third-order valence-corrected chi connectivity index (χ3v) is 3.57. The number of hydrogen-bond acceptors (Lipinski definition) is 5. The Morgan fingerprint density at radius 2 is 1.28 bits per heavy atom. The van der Waals surface area contributed by atoms with Gasteiger partial charge in [-0.05, 0) is 19.8 Å². The highest BCUT2D eigenvalue weighted by molar-refractivity contribution is 6.40. The number of esters is 2. The number of carbonyl (C=O) groups is 3. The highest BCUT2D eigenvalue weighted by Gasteiger charge is 2.16. The summed E-state index contributed by atoms with van der Waals surface area (Å²) in [5.41, 5.74) is 0.764. The zero-order valence-electron chi connectivity index (χ0n) is 14.8. The monoisotopic (exact) mass is 346 g/mol. The van der Waals surface area contributed by atoms with Gasteiger partial charge < -0.3 is 9.47 Å². The molecular formula is C20H26O5. The Balaban J connectivity index is 1.98. The van der Waals surface area contributed by atoms with Crippen molar-refractivity contribution in [1.29, 1.82) is 0 Å². The Kier molecular flexibility index (Phi) is 9.90. The molecule has 0 radical (unpaired) electrons. The summed E-state index contributed by atoms with van der Waals surface area (Å²) in [5.74, 6) is -1.75. The molecule has 0 heterocycles. The van der Waals surface area contributed by atoms with E-state index in [1.165, 1.54) is 0 Å². The molecule has 25 heavy (non-hydrogen) atoms. The van der Waals surface area contributed by atoms with Crippen LogP contribution in [-0.2, 0) is 19.1 Å². The maximum Gasteiger partial charge on any atom is 0.379 e. The van der Waals surface area contributed by atoms with Gasteiger partial charge in [0.2, 0.25) is 0 Å². The van der Waals surface area contributed by atoms with Crippen LogP contribution < -0.4 is 0 Å². The third-order valence-electron chi connectivity index (χ3n) is 3.57. The lowest BCUT2D eigenvalue weighted by Gasteiger charge is -2.05. The Morgan fingerprint density at radius 1 is 0.800 bits per heavy atom. The van der Waals surface area contributed by atoms with Crippen LogP contribution in [0.4, 0.5) is 0 Å². The third kappa shape index (κ3) is 8.84. The zero-order chi connectivity index (χ0) is 18.5. The first-order valence-electron chi connectivity index (χ1n) is 8.61. The standard InChI is InChI=1S/C20H26O5/c1-16(2)19(22)24-14-10-5-3-4-6-11-15-25-20(23)18(21)17-12-8-7-9-13-17/h7-9,12-13H,1,3-6,10-11,14-15H2,2H3. The molecule has 136 valence electrons. The Labute approximate surface area is 149 Å². The maximum absolute atomic E-state index is 11.8. The van der Waals surface area contributed by atoms with Gasteiger partial charge in [0.25, 0.3) is 5.78 Å². The highest BCUT2D eigenvalue weighted by Crippen LogP contribution is 2.07. The fourth-order valence-corrected chi connectivity index (χ4v) is 2.14. The summed E-state index contributed by atoms with van der Waals surface area (Å²) in [6, 6.07) is 8.39. The van der Waals surface area contributed by atoms with Crippen LogP contribution in [0.2, 0.25) is 0 Å². The van der Waals surface area contributed by atoms with Crippen LogP contribution >= 0.6 is 0 Å². The molecule has 1 aromatic carbocycles. The number of hydrogen-bond donors (Lipinski definition) is 0. The summed E-state index contributed by atoms with van der Waals surface area (Å²) in [6.45, 7) is 5.83. The Morgan fingerprint density at radius 3 is 1.80 bits per heavy atom. The Hall–Kier alpha value is -2.43. The molecule has 0 N–H and O–H groups in total. The van der Waals surface area contributed by atoms with Gasteiger partial charge in [-0.2, -0.15) is 0 Å². The van der Waals surface area contributed by atoms with E-state index in [0.717, 1.165) is 38.5 Å². The van der Waals surface area contributed by atoms with Crippen molar-refractivity contribution in [1.82, 2.24) is 0 Å². The van der Waals surface area contributed by atoms with Crippen LogP contribution in [0.3, 0.4) is 0 Å². The number of unbranched alkanes of at least 4 members (excludes halogenated alkanes) is 5. The van der Waals surface area contributed by atoms with Gasteiger partial charge in [0.1, 0.15) is 0 Å². The predicted molar refractivity (Wildman–Crippen MR) is 95.2 cm³/mol. The lowest BCUT2D eigenvalue weighted by Crippen LogP contribution is -2.18. The average molecular weight is 346 g/mol. The molecule has 0 amide bonds.